The number of halogens is 1. The zero-order valence-corrected chi connectivity index (χ0v) is 7.81. The first-order chi connectivity index (χ1) is 6.24. The zero-order valence-electron chi connectivity index (χ0n) is 7.81. The minimum atomic E-state index is -0.233. The molecule has 0 radical (unpaired) electrons. The van der Waals surface area contributed by atoms with Gasteiger partial charge in [-0.1, -0.05) is 13.0 Å². The van der Waals surface area contributed by atoms with E-state index in [9.17, 15) is 4.39 Å². The Labute approximate surface area is 77.9 Å². The monoisotopic (exact) mass is 182 g/mol. The number of rotatable bonds is 4. The van der Waals surface area contributed by atoms with E-state index in [-0.39, 0.29) is 5.82 Å². The van der Waals surface area contributed by atoms with Crippen LogP contribution >= 0.6 is 0 Å². The summed E-state index contributed by atoms with van der Waals surface area (Å²) >= 11 is 0. The number of anilines is 1. The van der Waals surface area contributed by atoms with Crippen molar-refractivity contribution in [2.75, 3.05) is 12.3 Å². The lowest BCUT2D eigenvalue weighted by molar-refractivity contribution is 0.587. The van der Waals surface area contributed by atoms with E-state index in [1.165, 1.54) is 6.07 Å². The number of hydrogen-bond acceptors (Lipinski definition) is 2. The van der Waals surface area contributed by atoms with Crippen molar-refractivity contribution in [2.45, 2.75) is 19.9 Å². The number of nitrogens with one attached hydrogen (secondary N) is 1. The molecule has 0 amide bonds. The number of benzene rings is 1. The van der Waals surface area contributed by atoms with Crippen molar-refractivity contribution in [1.82, 2.24) is 5.32 Å². The summed E-state index contributed by atoms with van der Waals surface area (Å²) in [5.74, 6) is -0.233. The van der Waals surface area contributed by atoms with Crippen LogP contribution in [-0.4, -0.2) is 6.54 Å². The molecule has 3 N–H and O–H groups in total. The lowest BCUT2D eigenvalue weighted by Gasteiger charge is -2.04. The molecule has 0 aliphatic heterocycles. The van der Waals surface area contributed by atoms with Gasteiger partial charge in [0.25, 0.3) is 0 Å². The summed E-state index contributed by atoms with van der Waals surface area (Å²) in [6, 6.07) is 4.78. The van der Waals surface area contributed by atoms with Gasteiger partial charge in [0.2, 0.25) is 0 Å². The molecule has 1 aromatic rings. The first-order valence-corrected chi connectivity index (χ1v) is 4.48. The van der Waals surface area contributed by atoms with Gasteiger partial charge in [-0.15, -0.1) is 0 Å². The molecule has 3 heteroatoms. The SMILES string of the molecule is CCCNCc1ccc(N)cc1F. The van der Waals surface area contributed by atoms with E-state index in [0.717, 1.165) is 13.0 Å². The molecule has 13 heavy (non-hydrogen) atoms. The van der Waals surface area contributed by atoms with Crippen molar-refractivity contribution in [1.29, 1.82) is 0 Å². The summed E-state index contributed by atoms with van der Waals surface area (Å²) in [5.41, 5.74) is 6.56. The highest BCUT2D eigenvalue weighted by atomic mass is 19.1. The Morgan fingerprint density at radius 1 is 1.46 bits per heavy atom. The van der Waals surface area contributed by atoms with Gasteiger partial charge in [-0.25, -0.2) is 4.39 Å². The van der Waals surface area contributed by atoms with Gasteiger partial charge in [-0.05, 0) is 25.1 Å². The smallest absolute Gasteiger partial charge is 0.129 e. The van der Waals surface area contributed by atoms with Crippen LogP contribution < -0.4 is 11.1 Å². The van der Waals surface area contributed by atoms with E-state index in [0.29, 0.717) is 17.8 Å². The molecule has 72 valence electrons. The number of hydrogen-bond donors (Lipinski definition) is 2. The van der Waals surface area contributed by atoms with Gasteiger partial charge in [0.05, 0.1) is 0 Å². The van der Waals surface area contributed by atoms with E-state index in [2.05, 4.69) is 12.2 Å². The van der Waals surface area contributed by atoms with Gasteiger partial charge < -0.3 is 11.1 Å². The fourth-order valence-corrected chi connectivity index (χ4v) is 1.11. The molecule has 0 atom stereocenters. The van der Waals surface area contributed by atoms with Crippen LogP contribution in [0.5, 0.6) is 0 Å². The van der Waals surface area contributed by atoms with Gasteiger partial charge in [0, 0.05) is 17.8 Å². The third kappa shape index (κ3) is 3.03. The van der Waals surface area contributed by atoms with Crippen LogP contribution in [0, 0.1) is 5.82 Å². The topological polar surface area (TPSA) is 38.0 Å². The molecule has 1 aromatic carbocycles. The molecule has 0 bridgehead atoms. The minimum absolute atomic E-state index is 0.233. The Kier molecular flexibility index (Phi) is 3.71. The normalized spacial score (nSPS) is 10.3. The average Bonchev–Trinajstić information content (AvgIpc) is 2.09. The maximum absolute atomic E-state index is 13.2. The van der Waals surface area contributed by atoms with Crippen LogP contribution in [0.1, 0.15) is 18.9 Å². The first-order valence-electron chi connectivity index (χ1n) is 4.48. The Morgan fingerprint density at radius 3 is 2.85 bits per heavy atom. The van der Waals surface area contributed by atoms with Crippen LogP contribution in [0.3, 0.4) is 0 Å². The van der Waals surface area contributed by atoms with Gasteiger partial charge in [-0.3, -0.25) is 0 Å². The van der Waals surface area contributed by atoms with Crippen LogP contribution in [0.2, 0.25) is 0 Å². The summed E-state index contributed by atoms with van der Waals surface area (Å²) in [4.78, 5) is 0. The van der Waals surface area contributed by atoms with Gasteiger partial charge in [-0.2, -0.15) is 0 Å². The van der Waals surface area contributed by atoms with E-state index in [4.69, 9.17) is 5.73 Å². The third-order valence-corrected chi connectivity index (χ3v) is 1.82. The van der Waals surface area contributed by atoms with E-state index in [1.807, 2.05) is 0 Å². The summed E-state index contributed by atoms with van der Waals surface area (Å²) < 4.78 is 13.2. The molecular formula is C10H15FN2. The predicted octanol–water partition coefficient (Wildman–Crippen LogP) is 1.91. The fourth-order valence-electron chi connectivity index (χ4n) is 1.11. The van der Waals surface area contributed by atoms with Gasteiger partial charge in [0.15, 0.2) is 0 Å². The maximum Gasteiger partial charge on any atom is 0.129 e. The van der Waals surface area contributed by atoms with Crippen molar-refractivity contribution in [2.24, 2.45) is 0 Å². The molecule has 0 aliphatic carbocycles. The Balaban J connectivity index is 2.56. The van der Waals surface area contributed by atoms with Crippen LogP contribution in [0.4, 0.5) is 10.1 Å². The quantitative estimate of drug-likeness (QED) is 0.551. The van der Waals surface area contributed by atoms with E-state index in [1.54, 1.807) is 12.1 Å². The molecule has 0 unspecified atom stereocenters. The summed E-state index contributed by atoms with van der Waals surface area (Å²) in [7, 11) is 0. The first kappa shape index (κ1) is 9.99. The maximum atomic E-state index is 13.2. The highest BCUT2D eigenvalue weighted by Gasteiger charge is 2.00. The Hall–Kier alpha value is -1.09. The standard InChI is InChI=1S/C10H15FN2/c1-2-5-13-7-8-3-4-9(12)6-10(8)11/h3-4,6,13H,2,5,7,12H2,1H3. The molecule has 0 spiro atoms. The number of nitrogen functional groups attached to an aromatic ring is 1. The van der Waals surface area contributed by atoms with Crippen molar-refractivity contribution < 1.29 is 4.39 Å². The minimum Gasteiger partial charge on any atom is -0.399 e. The third-order valence-electron chi connectivity index (χ3n) is 1.82. The fraction of sp³-hybridized carbons (Fsp3) is 0.400. The molecule has 1 rings (SSSR count). The molecule has 0 fully saturated rings. The van der Waals surface area contributed by atoms with Crippen LogP contribution in [-0.2, 0) is 6.54 Å². The van der Waals surface area contributed by atoms with Crippen LogP contribution in [0.15, 0.2) is 18.2 Å². The Bertz CT molecular complexity index is 274. The van der Waals surface area contributed by atoms with E-state index < -0.39 is 0 Å². The highest BCUT2D eigenvalue weighted by molar-refractivity contribution is 5.40. The summed E-state index contributed by atoms with van der Waals surface area (Å²) in [6.07, 6.45) is 1.05. The average molecular weight is 182 g/mol. The molecule has 0 saturated carbocycles. The van der Waals surface area contributed by atoms with Crippen molar-refractivity contribution in [3.63, 3.8) is 0 Å². The predicted molar refractivity (Wildman–Crippen MR) is 52.8 cm³/mol. The van der Waals surface area contributed by atoms with Crippen molar-refractivity contribution in [3.05, 3.63) is 29.6 Å². The van der Waals surface area contributed by atoms with Crippen molar-refractivity contribution in [3.8, 4) is 0 Å². The molecule has 0 aromatic heterocycles. The van der Waals surface area contributed by atoms with E-state index >= 15 is 0 Å². The lowest BCUT2D eigenvalue weighted by atomic mass is 10.2. The number of nitrogens with two attached hydrogens (primary N) is 1. The summed E-state index contributed by atoms with van der Waals surface area (Å²) in [5, 5.41) is 3.13. The second-order valence-electron chi connectivity index (χ2n) is 3.03. The largest absolute Gasteiger partial charge is 0.399 e. The molecule has 2 nitrogen and oxygen atoms in total. The molecule has 0 saturated heterocycles. The second-order valence-corrected chi connectivity index (χ2v) is 3.03. The second kappa shape index (κ2) is 4.82. The van der Waals surface area contributed by atoms with Gasteiger partial charge >= 0.3 is 0 Å². The molecular weight excluding hydrogens is 167 g/mol. The molecule has 0 heterocycles. The lowest BCUT2D eigenvalue weighted by Crippen LogP contribution is -2.14. The van der Waals surface area contributed by atoms with Gasteiger partial charge in [0.1, 0.15) is 5.82 Å². The highest BCUT2D eigenvalue weighted by Crippen LogP contribution is 2.11. The Morgan fingerprint density at radius 2 is 2.23 bits per heavy atom. The zero-order chi connectivity index (χ0) is 9.68. The van der Waals surface area contributed by atoms with Crippen molar-refractivity contribution >= 4 is 5.69 Å². The molecule has 0 aliphatic rings. The van der Waals surface area contributed by atoms with Crippen LogP contribution in [0.25, 0.3) is 0 Å². The summed E-state index contributed by atoms with van der Waals surface area (Å²) in [6.45, 7) is 3.55.